The number of anilines is 2. The molecule has 0 saturated carbocycles. The first-order valence-corrected chi connectivity index (χ1v) is 12.0. The highest BCUT2D eigenvalue weighted by Gasteiger charge is 2.28. The Labute approximate surface area is 172 Å². The number of benzene rings is 2. The highest BCUT2D eigenvalue weighted by Crippen LogP contribution is 2.36. The molecule has 2 aromatic rings. The number of hydrogen-bond acceptors (Lipinski definition) is 6. The molecule has 0 aromatic heterocycles. The third-order valence-electron chi connectivity index (χ3n) is 4.54. The minimum atomic E-state index is -3.99. The predicted octanol–water partition coefficient (Wildman–Crippen LogP) is 2.83. The van der Waals surface area contributed by atoms with Crippen molar-refractivity contribution in [3.63, 3.8) is 0 Å². The van der Waals surface area contributed by atoms with Crippen LogP contribution in [0.5, 0.6) is 11.5 Å². The summed E-state index contributed by atoms with van der Waals surface area (Å²) in [6.07, 6.45) is 1.02. The van der Waals surface area contributed by atoms with Gasteiger partial charge in [-0.3, -0.25) is 9.03 Å². The summed E-state index contributed by atoms with van der Waals surface area (Å²) in [5.74, 6) is 0.869. The van der Waals surface area contributed by atoms with Crippen LogP contribution in [0.1, 0.15) is 16.7 Å². The standard InChI is InChI=1S/C19H26N2O6S2/c1-12-10-13(2)19(14(3)18(12)20-28(7,22)23)29(24,25)21(4)15-8-9-16(26-5)17(11-15)27-6/h8-11,20H,1-7H3. The van der Waals surface area contributed by atoms with Gasteiger partial charge in [0.2, 0.25) is 10.0 Å². The molecule has 0 amide bonds. The van der Waals surface area contributed by atoms with Crippen molar-refractivity contribution in [2.75, 3.05) is 36.6 Å². The SMILES string of the molecule is COc1ccc(N(C)S(=O)(=O)c2c(C)cc(C)c(NS(C)(=O)=O)c2C)cc1OC. The van der Waals surface area contributed by atoms with Crippen LogP contribution in [0.25, 0.3) is 0 Å². The van der Waals surface area contributed by atoms with E-state index in [1.807, 2.05) is 0 Å². The third kappa shape index (κ3) is 4.59. The Morgan fingerprint density at radius 3 is 2.00 bits per heavy atom. The zero-order valence-electron chi connectivity index (χ0n) is 17.5. The zero-order chi connectivity index (χ0) is 22.1. The number of sulfonamides is 2. The van der Waals surface area contributed by atoms with Gasteiger partial charge in [0.15, 0.2) is 11.5 Å². The van der Waals surface area contributed by atoms with Crippen LogP contribution in [-0.4, -0.2) is 44.4 Å². The molecule has 0 spiro atoms. The van der Waals surface area contributed by atoms with Crippen LogP contribution in [0.4, 0.5) is 11.4 Å². The van der Waals surface area contributed by atoms with E-state index in [1.54, 1.807) is 45.0 Å². The van der Waals surface area contributed by atoms with Crippen LogP contribution in [0.15, 0.2) is 29.2 Å². The maximum absolute atomic E-state index is 13.4. The van der Waals surface area contributed by atoms with E-state index in [-0.39, 0.29) is 10.6 Å². The molecule has 0 aliphatic heterocycles. The lowest BCUT2D eigenvalue weighted by atomic mass is 10.1. The molecule has 0 atom stereocenters. The van der Waals surface area contributed by atoms with E-state index in [9.17, 15) is 16.8 Å². The molecular formula is C19H26N2O6S2. The molecule has 2 rings (SSSR count). The van der Waals surface area contributed by atoms with Crippen LogP contribution in [-0.2, 0) is 20.0 Å². The van der Waals surface area contributed by atoms with Gasteiger partial charge in [0.05, 0.1) is 36.7 Å². The lowest BCUT2D eigenvalue weighted by Crippen LogP contribution is -2.28. The number of rotatable bonds is 7. The molecule has 0 aliphatic carbocycles. The fourth-order valence-electron chi connectivity index (χ4n) is 3.20. The molecule has 160 valence electrons. The molecule has 0 radical (unpaired) electrons. The normalized spacial score (nSPS) is 11.8. The van der Waals surface area contributed by atoms with Crippen LogP contribution >= 0.6 is 0 Å². The zero-order valence-corrected chi connectivity index (χ0v) is 19.2. The van der Waals surface area contributed by atoms with Crippen LogP contribution in [0, 0.1) is 20.8 Å². The van der Waals surface area contributed by atoms with Gasteiger partial charge in [0.1, 0.15) is 0 Å². The van der Waals surface area contributed by atoms with Gasteiger partial charge in [-0.25, -0.2) is 16.8 Å². The first-order valence-electron chi connectivity index (χ1n) is 8.63. The van der Waals surface area contributed by atoms with Gasteiger partial charge in [-0.15, -0.1) is 0 Å². The Morgan fingerprint density at radius 2 is 1.48 bits per heavy atom. The average Bonchev–Trinajstić information content (AvgIpc) is 2.62. The summed E-state index contributed by atoms with van der Waals surface area (Å²) >= 11 is 0. The summed E-state index contributed by atoms with van der Waals surface area (Å²) in [6.45, 7) is 4.99. The van der Waals surface area contributed by atoms with Crippen molar-refractivity contribution in [3.8, 4) is 11.5 Å². The first kappa shape index (κ1) is 22.8. The molecule has 0 aliphatic rings. The highest BCUT2D eigenvalue weighted by molar-refractivity contribution is 7.93. The number of hydrogen-bond donors (Lipinski definition) is 1. The summed E-state index contributed by atoms with van der Waals surface area (Å²) in [4.78, 5) is 0.0477. The van der Waals surface area contributed by atoms with E-state index in [1.165, 1.54) is 21.3 Å². The van der Waals surface area contributed by atoms with Gasteiger partial charge >= 0.3 is 0 Å². The number of methoxy groups -OCH3 is 2. The molecule has 0 heterocycles. The highest BCUT2D eigenvalue weighted by atomic mass is 32.2. The quantitative estimate of drug-likeness (QED) is 0.707. The second-order valence-electron chi connectivity index (χ2n) is 6.73. The summed E-state index contributed by atoms with van der Waals surface area (Å²) in [5.41, 5.74) is 2.13. The van der Waals surface area contributed by atoms with E-state index in [0.29, 0.717) is 33.9 Å². The summed E-state index contributed by atoms with van der Waals surface area (Å²) in [7, 11) is -3.18. The largest absolute Gasteiger partial charge is 0.493 e. The van der Waals surface area contributed by atoms with Crippen molar-refractivity contribution in [2.24, 2.45) is 0 Å². The molecule has 2 aromatic carbocycles. The Hall–Kier alpha value is -2.46. The minimum Gasteiger partial charge on any atom is -0.493 e. The summed E-state index contributed by atoms with van der Waals surface area (Å²) in [6, 6.07) is 6.43. The van der Waals surface area contributed by atoms with Crippen LogP contribution in [0.3, 0.4) is 0 Å². The van der Waals surface area contributed by atoms with E-state index < -0.39 is 20.0 Å². The molecule has 0 bridgehead atoms. The van der Waals surface area contributed by atoms with E-state index in [0.717, 1.165) is 10.6 Å². The van der Waals surface area contributed by atoms with Gasteiger partial charge in [0, 0.05) is 13.1 Å². The molecule has 8 nitrogen and oxygen atoms in total. The second-order valence-corrected chi connectivity index (χ2v) is 10.4. The Bertz CT molecular complexity index is 1140. The lowest BCUT2D eigenvalue weighted by Gasteiger charge is -2.24. The number of ether oxygens (including phenoxy) is 2. The van der Waals surface area contributed by atoms with Gasteiger partial charge in [-0.2, -0.15) is 0 Å². The van der Waals surface area contributed by atoms with Crippen LogP contribution < -0.4 is 18.5 Å². The van der Waals surface area contributed by atoms with Gasteiger partial charge < -0.3 is 9.47 Å². The fraction of sp³-hybridized carbons (Fsp3) is 0.368. The molecule has 0 saturated heterocycles. The first-order chi connectivity index (χ1) is 13.3. The smallest absolute Gasteiger partial charge is 0.264 e. The van der Waals surface area contributed by atoms with Gasteiger partial charge in [-0.05, 0) is 49.6 Å². The van der Waals surface area contributed by atoms with Crippen molar-refractivity contribution in [1.82, 2.24) is 0 Å². The van der Waals surface area contributed by atoms with Crippen molar-refractivity contribution >= 4 is 31.4 Å². The topological polar surface area (TPSA) is 102 Å². The van der Waals surface area contributed by atoms with E-state index in [2.05, 4.69) is 4.72 Å². The average molecular weight is 443 g/mol. The van der Waals surface area contributed by atoms with Gasteiger partial charge in [0.25, 0.3) is 10.0 Å². The Kier molecular flexibility index (Phi) is 6.39. The molecule has 0 unspecified atom stereocenters. The lowest BCUT2D eigenvalue weighted by molar-refractivity contribution is 0.355. The number of nitrogens with zero attached hydrogens (tertiary/aromatic N) is 1. The van der Waals surface area contributed by atoms with Gasteiger partial charge in [-0.1, -0.05) is 6.07 Å². The summed E-state index contributed by atoms with van der Waals surface area (Å²) in [5, 5.41) is 0. The maximum Gasteiger partial charge on any atom is 0.264 e. The van der Waals surface area contributed by atoms with Crippen molar-refractivity contribution in [3.05, 3.63) is 41.0 Å². The summed E-state index contributed by atoms with van der Waals surface area (Å²) < 4.78 is 64.4. The number of aryl methyl sites for hydroxylation is 2. The minimum absolute atomic E-state index is 0.0477. The molecular weight excluding hydrogens is 416 g/mol. The van der Waals surface area contributed by atoms with E-state index >= 15 is 0 Å². The number of nitrogens with one attached hydrogen (secondary N) is 1. The Balaban J connectivity index is 2.65. The monoisotopic (exact) mass is 442 g/mol. The predicted molar refractivity (Wildman–Crippen MR) is 114 cm³/mol. The molecule has 29 heavy (non-hydrogen) atoms. The third-order valence-corrected chi connectivity index (χ3v) is 7.19. The van der Waals surface area contributed by atoms with Crippen molar-refractivity contribution in [2.45, 2.75) is 25.7 Å². The maximum atomic E-state index is 13.4. The molecule has 10 heteroatoms. The van der Waals surface area contributed by atoms with Crippen molar-refractivity contribution < 1.29 is 26.3 Å². The van der Waals surface area contributed by atoms with Crippen LogP contribution in [0.2, 0.25) is 0 Å². The van der Waals surface area contributed by atoms with E-state index in [4.69, 9.17) is 9.47 Å². The Morgan fingerprint density at radius 1 is 0.897 bits per heavy atom. The van der Waals surface area contributed by atoms with Crippen molar-refractivity contribution in [1.29, 1.82) is 0 Å². The molecule has 1 N–H and O–H groups in total. The fourth-order valence-corrected chi connectivity index (χ4v) is 5.51. The second kappa shape index (κ2) is 8.11. The molecule has 0 fully saturated rings.